The van der Waals surface area contributed by atoms with Crippen molar-refractivity contribution in [2.24, 2.45) is 11.7 Å². The second-order valence-corrected chi connectivity index (χ2v) is 3.91. The number of carbonyl (C=O) groups excluding carboxylic acids is 2. The minimum Gasteiger partial charge on any atom is -0.369 e. The number of rotatable bonds is 3. The van der Waals surface area contributed by atoms with Crippen LogP contribution in [0.25, 0.3) is 0 Å². The molecule has 0 bridgehead atoms. The normalized spacial score (nSPS) is 19.0. The van der Waals surface area contributed by atoms with Crippen LogP contribution in [0.5, 0.6) is 0 Å². The Morgan fingerprint density at radius 1 is 1.61 bits per heavy atom. The summed E-state index contributed by atoms with van der Waals surface area (Å²) >= 11 is 0. The minimum atomic E-state index is -0.626. The first kappa shape index (κ1) is 12.0. The topological polar surface area (TPSA) is 119 Å². The van der Waals surface area contributed by atoms with Gasteiger partial charge in [0.05, 0.1) is 10.8 Å². The first-order valence-corrected chi connectivity index (χ1v) is 5.19. The third-order valence-electron chi connectivity index (χ3n) is 2.75. The Balaban J connectivity index is 2.35. The van der Waals surface area contributed by atoms with Crippen LogP contribution in [-0.2, 0) is 9.59 Å². The predicted octanol–water partition coefficient (Wildman–Crippen LogP) is -0.172. The number of hydrogen-bond donors (Lipinski definition) is 1. The Labute approximate surface area is 102 Å². The van der Waals surface area contributed by atoms with Crippen LogP contribution in [-0.4, -0.2) is 28.3 Å². The highest BCUT2D eigenvalue weighted by Gasteiger charge is 2.37. The van der Waals surface area contributed by atoms with Crippen molar-refractivity contribution in [3.8, 4) is 0 Å². The van der Waals surface area contributed by atoms with E-state index in [4.69, 9.17) is 5.73 Å². The van der Waals surface area contributed by atoms with Crippen LogP contribution in [0.15, 0.2) is 18.3 Å². The molecule has 0 saturated carbocycles. The van der Waals surface area contributed by atoms with Crippen LogP contribution < -0.4 is 10.6 Å². The first-order valence-electron chi connectivity index (χ1n) is 5.19. The molecule has 2 heterocycles. The van der Waals surface area contributed by atoms with Crippen molar-refractivity contribution in [2.75, 3.05) is 11.4 Å². The second-order valence-electron chi connectivity index (χ2n) is 3.91. The van der Waals surface area contributed by atoms with Crippen molar-refractivity contribution in [1.82, 2.24) is 4.98 Å². The van der Waals surface area contributed by atoms with E-state index in [0.29, 0.717) is 0 Å². The SMILES string of the molecule is NC(=O)C1CC(=O)N(c2ncccc2[N+](=O)[O-])C1. The lowest BCUT2D eigenvalue weighted by molar-refractivity contribution is -0.384. The summed E-state index contributed by atoms with van der Waals surface area (Å²) in [6.45, 7) is 0.0337. The van der Waals surface area contributed by atoms with E-state index in [1.807, 2.05) is 0 Å². The molecule has 8 heteroatoms. The van der Waals surface area contributed by atoms with Crippen LogP contribution >= 0.6 is 0 Å². The number of primary amides is 1. The molecule has 0 spiro atoms. The van der Waals surface area contributed by atoms with Crippen molar-refractivity contribution in [3.63, 3.8) is 0 Å². The van der Waals surface area contributed by atoms with Gasteiger partial charge in [-0.05, 0) is 6.07 Å². The molecule has 1 aromatic heterocycles. The van der Waals surface area contributed by atoms with E-state index in [1.54, 1.807) is 0 Å². The van der Waals surface area contributed by atoms with Gasteiger partial charge in [-0.15, -0.1) is 0 Å². The summed E-state index contributed by atoms with van der Waals surface area (Å²) in [5.41, 5.74) is 4.86. The van der Waals surface area contributed by atoms with Crippen LogP contribution in [0.1, 0.15) is 6.42 Å². The van der Waals surface area contributed by atoms with E-state index in [9.17, 15) is 19.7 Å². The molecule has 1 atom stereocenters. The van der Waals surface area contributed by atoms with Crippen LogP contribution in [0.4, 0.5) is 11.5 Å². The van der Waals surface area contributed by atoms with Gasteiger partial charge in [0.2, 0.25) is 17.6 Å². The van der Waals surface area contributed by atoms with Crippen molar-refractivity contribution < 1.29 is 14.5 Å². The molecule has 1 aliphatic heterocycles. The zero-order chi connectivity index (χ0) is 13.3. The lowest BCUT2D eigenvalue weighted by Crippen LogP contribution is -2.29. The van der Waals surface area contributed by atoms with Crippen LogP contribution in [0.3, 0.4) is 0 Å². The first-order chi connectivity index (χ1) is 8.50. The molecular weight excluding hydrogens is 240 g/mol. The quantitative estimate of drug-likeness (QED) is 0.589. The van der Waals surface area contributed by atoms with Gasteiger partial charge in [-0.2, -0.15) is 0 Å². The van der Waals surface area contributed by atoms with Gasteiger partial charge in [0.15, 0.2) is 0 Å². The molecule has 18 heavy (non-hydrogen) atoms. The molecule has 1 aromatic rings. The molecule has 94 valence electrons. The molecule has 2 amide bonds. The summed E-state index contributed by atoms with van der Waals surface area (Å²) in [4.78, 5) is 37.9. The van der Waals surface area contributed by atoms with Crippen molar-refractivity contribution in [2.45, 2.75) is 6.42 Å². The summed E-state index contributed by atoms with van der Waals surface area (Å²) < 4.78 is 0. The zero-order valence-corrected chi connectivity index (χ0v) is 9.28. The molecule has 1 fully saturated rings. The lowest BCUT2D eigenvalue weighted by atomic mass is 10.1. The molecule has 0 radical (unpaired) electrons. The minimum absolute atomic E-state index is 0.0337. The summed E-state index contributed by atoms with van der Waals surface area (Å²) in [6, 6.07) is 2.67. The molecular formula is C10H10N4O4. The number of nitro groups is 1. The number of pyridine rings is 1. The lowest BCUT2D eigenvalue weighted by Gasteiger charge is -2.14. The third kappa shape index (κ3) is 1.99. The average Bonchev–Trinajstić information content (AvgIpc) is 2.71. The van der Waals surface area contributed by atoms with Gasteiger partial charge in [0.1, 0.15) is 0 Å². The number of carbonyl (C=O) groups is 2. The van der Waals surface area contributed by atoms with E-state index in [2.05, 4.69) is 4.98 Å². The number of nitrogens with zero attached hydrogens (tertiary/aromatic N) is 3. The Bertz CT molecular complexity index is 530. The van der Waals surface area contributed by atoms with Gasteiger partial charge in [-0.25, -0.2) is 4.98 Å². The Morgan fingerprint density at radius 2 is 2.33 bits per heavy atom. The standard InChI is InChI=1S/C10H10N4O4/c11-9(16)6-4-8(15)13(5-6)10-7(14(17)18)2-1-3-12-10/h1-3,6H,4-5H2,(H2,11,16). The molecule has 1 unspecified atom stereocenters. The Kier molecular flexibility index (Phi) is 2.92. The predicted molar refractivity (Wildman–Crippen MR) is 60.5 cm³/mol. The molecule has 2 N–H and O–H groups in total. The molecule has 0 aliphatic carbocycles. The van der Waals surface area contributed by atoms with Crippen molar-refractivity contribution >= 4 is 23.3 Å². The van der Waals surface area contributed by atoms with Gasteiger partial charge in [0.25, 0.3) is 0 Å². The highest BCUT2D eigenvalue weighted by molar-refractivity contribution is 6.00. The highest BCUT2D eigenvalue weighted by atomic mass is 16.6. The molecule has 2 rings (SSSR count). The van der Waals surface area contributed by atoms with Gasteiger partial charge >= 0.3 is 5.69 Å². The van der Waals surface area contributed by atoms with E-state index < -0.39 is 16.7 Å². The van der Waals surface area contributed by atoms with Crippen LogP contribution in [0.2, 0.25) is 0 Å². The van der Waals surface area contributed by atoms with Gasteiger partial charge in [-0.1, -0.05) is 0 Å². The maximum Gasteiger partial charge on any atom is 0.312 e. The number of aromatic nitrogens is 1. The fourth-order valence-corrected chi connectivity index (χ4v) is 1.84. The number of hydrogen-bond acceptors (Lipinski definition) is 5. The maximum atomic E-state index is 11.7. The van der Waals surface area contributed by atoms with Gasteiger partial charge < -0.3 is 5.73 Å². The monoisotopic (exact) mass is 250 g/mol. The van der Waals surface area contributed by atoms with Gasteiger partial charge in [-0.3, -0.25) is 24.6 Å². The fraction of sp³-hybridized carbons (Fsp3) is 0.300. The smallest absolute Gasteiger partial charge is 0.312 e. The van der Waals surface area contributed by atoms with Gasteiger partial charge in [0, 0.05) is 25.2 Å². The number of amides is 2. The van der Waals surface area contributed by atoms with E-state index in [0.717, 1.165) is 4.90 Å². The van der Waals surface area contributed by atoms with E-state index >= 15 is 0 Å². The Morgan fingerprint density at radius 3 is 2.89 bits per heavy atom. The van der Waals surface area contributed by atoms with E-state index in [1.165, 1.54) is 18.3 Å². The molecule has 8 nitrogen and oxygen atoms in total. The summed E-state index contributed by atoms with van der Waals surface area (Å²) in [6.07, 6.45) is 1.32. The largest absolute Gasteiger partial charge is 0.369 e. The van der Waals surface area contributed by atoms with Crippen molar-refractivity contribution in [1.29, 1.82) is 0 Å². The number of anilines is 1. The third-order valence-corrected chi connectivity index (χ3v) is 2.75. The van der Waals surface area contributed by atoms with Crippen molar-refractivity contribution in [3.05, 3.63) is 28.4 Å². The molecule has 1 aliphatic rings. The summed E-state index contributed by atoms with van der Waals surface area (Å²) in [7, 11) is 0. The molecule has 0 aromatic carbocycles. The highest BCUT2D eigenvalue weighted by Crippen LogP contribution is 2.30. The summed E-state index contributed by atoms with van der Waals surface area (Å²) in [5.74, 6) is -1.65. The van der Waals surface area contributed by atoms with Crippen LogP contribution in [0, 0.1) is 16.0 Å². The second kappa shape index (κ2) is 4.40. The van der Waals surface area contributed by atoms with E-state index in [-0.39, 0.29) is 30.4 Å². The average molecular weight is 250 g/mol. The zero-order valence-electron chi connectivity index (χ0n) is 9.28. The summed E-state index contributed by atoms with van der Waals surface area (Å²) in [5, 5.41) is 10.8. The molecule has 1 saturated heterocycles. The number of nitrogens with two attached hydrogens (primary N) is 1. The Hall–Kier alpha value is -2.51. The fourth-order valence-electron chi connectivity index (χ4n) is 1.84. The maximum absolute atomic E-state index is 11.7.